The summed E-state index contributed by atoms with van der Waals surface area (Å²) < 4.78 is 0. The number of hydrogen-bond donors (Lipinski definition) is 2. The van der Waals surface area contributed by atoms with Gasteiger partial charge in [-0.2, -0.15) is 0 Å². The molecule has 1 amide bonds. The maximum Gasteiger partial charge on any atom is 0.224 e. The third-order valence-electron chi connectivity index (χ3n) is 4.69. The van der Waals surface area contributed by atoms with Crippen molar-refractivity contribution < 1.29 is 4.79 Å². The second-order valence-corrected chi connectivity index (χ2v) is 6.43. The molecular weight excluding hydrogens is 284 g/mol. The average Bonchev–Trinajstić information content (AvgIpc) is 2.95. The SMILES string of the molecule is N[C@@H]1CCC[C@H]1CC(=O)Nc1ccccc1Cc1ccccc1. The molecule has 2 atom stereocenters. The largest absolute Gasteiger partial charge is 0.327 e. The van der Waals surface area contributed by atoms with E-state index in [1.165, 1.54) is 5.56 Å². The Morgan fingerprint density at radius 2 is 1.78 bits per heavy atom. The van der Waals surface area contributed by atoms with E-state index in [-0.39, 0.29) is 11.9 Å². The van der Waals surface area contributed by atoms with Crippen LogP contribution in [0.15, 0.2) is 54.6 Å². The van der Waals surface area contributed by atoms with E-state index >= 15 is 0 Å². The lowest BCUT2D eigenvalue weighted by molar-refractivity contribution is -0.117. The van der Waals surface area contributed by atoms with Crippen molar-refractivity contribution in [2.45, 2.75) is 38.1 Å². The number of nitrogens with two attached hydrogens (primary N) is 1. The van der Waals surface area contributed by atoms with Gasteiger partial charge >= 0.3 is 0 Å². The van der Waals surface area contributed by atoms with Crippen LogP contribution in [-0.2, 0) is 11.2 Å². The Morgan fingerprint density at radius 1 is 1.04 bits per heavy atom. The van der Waals surface area contributed by atoms with E-state index in [1.807, 2.05) is 36.4 Å². The summed E-state index contributed by atoms with van der Waals surface area (Å²) in [6.07, 6.45) is 4.60. The minimum atomic E-state index is 0.0767. The molecule has 2 aromatic carbocycles. The van der Waals surface area contributed by atoms with Gasteiger partial charge in [-0.05, 0) is 42.4 Å². The number of benzene rings is 2. The number of amides is 1. The Balaban J connectivity index is 1.66. The van der Waals surface area contributed by atoms with Crippen LogP contribution < -0.4 is 11.1 Å². The van der Waals surface area contributed by atoms with E-state index in [4.69, 9.17) is 5.73 Å². The quantitative estimate of drug-likeness (QED) is 0.884. The minimum absolute atomic E-state index is 0.0767. The highest BCUT2D eigenvalue weighted by atomic mass is 16.1. The smallest absolute Gasteiger partial charge is 0.224 e. The molecule has 3 rings (SSSR count). The topological polar surface area (TPSA) is 55.1 Å². The average molecular weight is 308 g/mol. The van der Waals surface area contributed by atoms with E-state index in [0.717, 1.165) is 36.9 Å². The molecule has 3 nitrogen and oxygen atoms in total. The van der Waals surface area contributed by atoms with Crippen LogP contribution in [0, 0.1) is 5.92 Å². The predicted octanol–water partition coefficient (Wildman–Crippen LogP) is 3.73. The molecule has 0 unspecified atom stereocenters. The van der Waals surface area contributed by atoms with Crippen molar-refractivity contribution in [2.75, 3.05) is 5.32 Å². The second-order valence-electron chi connectivity index (χ2n) is 6.43. The Kier molecular flexibility index (Phi) is 5.09. The molecule has 0 saturated heterocycles. The lowest BCUT2D eigenvalue weighted by Gasteiger charge is -2.16. The third kappa shape index (κ3) is 4.20. The van der Waals surface area contributed by atoms with E-state index in [0.29, 0.717) is 12.3 Å². The Bertz CT molecular complexity index is 654. The van der Waals surface area contributed by atoms with Gasteiger partial charge in [0.25, 0.3) is 0 Å². The first-order valence-electron chi connectivity index (χ1n) is 8.39. The van der Waals surface area contributed by atoms with Crippen LogP contribution in [0.1, 0.15) is 36.8 Å². The number of nitrogens with one attached hydrogen (secondary N) is 1. The first-order valence-corrected chi connectivity index (χ1v) is 8.39. The molecule has 0 radical (unpaired) electrons. The van der Waals surface area contributed by atoms with Crippen LogP contribution in [0.2, 0.25) is 0 Å². The highest BCUT2D eigenvalue weighted by Crippen LogP contribution is 2.27. The van der Waals surface area contributed by atoms with Gasteiger partial charge in [-0.3, -0.25) is 4.79 Å². The van der Waals surface area contributed by atoms with E-state index in [1.54, 1.807) is 0 Å². The highest BCUT2D eigenvalue weighted by molar-refractivity contribution is 5.91. The first kappa shape index (κ1) is 15.8. The van der Waals surface area contributed by atoms with Crippen molar-refractivity contribution in [3.63, 3.8) is 0 Å². The van der Waals surface area contributed by atoms with Crippen LogP contribution >= 0.6 is 0 Å². The van der Waals surface area contributed by atoms with Crippen LogP contribution in [0.25, 0.3) is 0 Å². The molecule has 3 N–H and O–H groups in total. The normalized spacial score (nSPS) is 20.4. The van der Waals surface area contributed by atoms with Crippen LogP contribution in [0.4, 0.5) is 5.69 Å². The number of carbonyl (C=O) groups is 1. The van der Waals surface area contributed by atoms with Crippen molar-refractivity contribution >= 4 is 11.6 Å². The number of carbonyl (C=O) groups excluding carboxylic acids is 1. The maximum atomic E-state index is 12.4. The van der Waals surface area contributed by atoms with Gasteiger partial charge < -0.3 is 11.1 Å². The van der Waals surface area contributed by atoms with Gasteiger partial charge in [0.1, 0.15) is 0 Å². The van der Waals surface area contributed by atoms with Gasteiger partial charge in [-0.25, -0.2) is 0 Å². The Labute approximate surface area is 137 Å². The van der Waals surface area contributed by atoms with Crippen molar-refractivity contribution in [1.82, 2.24) is 0 Å². The summed E-state index contributed by atoms with van der Waals surface area (Å²) in [7, 11) is 0. The zero-order valence-electron chi connectivity index (χ0n) is 13.4. The molecule has 0 aromatic heterocycles. The Hall–Kier alpha value is -2.13. The van der Waals surface area contributed by atoms with Gasteiger partial charge in [0, 0.05) is 18.2 Å². The van der Waals surface area contributed by atoms with Gasteiger partial charge in [0.15, 0.2) is 0 Å². The monoisotopic (exact) mass is 308 g/mol. The number of para-hydroxylation sites is 1. The van der Waals surface area contributed by atoms with Crippen LogP contribution in [-0.4, -0.2) is 11.9 Å². The molecule has 0 heterocycles. The Morgan fingerprint density at radius 3 is 2.52 bits per heavy atom. The standard InChI is InChI=1S/C20H24N2O/c21-18-11-6-10-16(18)14-20(23)22-19-12-5-4-9-17(19)13-15-7-2-1-3-8-15/h1-5,7-9,12,16,18H,6,10-11,13-14,21H2,(H,22,23)/t16-,18+/m0/s1. The fourth-order valence-corrected chi connectivity index (χ4v) is 3.37. The number of anilines is 1. The van der Waals surface area contributed by atoms with E-state index < -0.39 is 0 Å². The maximum absolute atomic E-state index is 12.4. The van der Waals surface area contributed by atoms with E-state index in [2.05, 4.69) is 23.5 Å². The molecule has 1 fully saturated rings. The summed E-state index contributed by atoms with van der Waals surface area (Å²) in [5, 5.41) is 3.08. The molecule has 0 aliphatic heterocycles. The van der Waals surface area contributed by atoms with Gasteiger partial charge in [0.05, 0.1) is 0 Å². The molecule has 3 heteroatoms. The molecule has 0 spiro atoms. The molecule has 1 aliphatic carbocycles. The molecular formula is C20H24N2O. The molecule has 0 bridgehead atoms. The van der Waals surface area contributed by atoms with Crippen molar-refractivity contribution in [2.24, 2.45) is 11.7 Å². The second kappa shape index (κ2) is 7.42. The summed E-state index contributed by atoms with van der Waals surface area (Å²) in [4.78, 5) is 12.4. The lowest BCUT2D eigenvalue weighted by Crippen LogP contribution is -2.28. The molecule has 120 valence electrons. The fourth-order valence-electron chi connectivity index (χ4n) is 3.37. The number of hydrogen-bond acceptors (Lipinski definition) is 2. The highest BCUT2D eigenvalue weighted by Gasteiger charge is 2.26. The molecule has 1 aliphatic rings. The lowest BCUT2D eigenvalue weighted by atomic mass is 9.99. The summed E-state index contributed by atoms with van der Waals surface area (Å²) in [6, 6.07) is 18.5. The van der Waals surface area contributed by atoms with Crippen molar-refractivity contribution in [3.8, 4) is 0 Å². The molecule has 23 heavy (non-hydrogen) atoms. The first-order chi connectivity index (χ1) is 11.2. The van der Waals surface area contributed by atoms with Gasteiger partial charge in [-0.15, -0.1) is 0 Å². The molecule has 2 aromatic rings. The fraction of sp³-hybridized carbons (Fsp3) is 0.350. The van der Waals surface area contributed by atoms with Gasteiger partial charge in [0.2, 0.25) is 5.91 Å². The van der Waals surface area contributed by atoms with Crippen molar-refractivity contribution in [3.05, 3.63) is 65.7 Å². The van der Waals surface area contributed by atoms with E-state index in [9.17, 15) is 4.79 Å². The number of rotatable bonds is 5. The summed E-state index contributed by atoms with van der Waals surface area (Å²) in [5.41, 5.74) is 9.37. The summed E-state index contributed by atoms with van der Waals surface area (Å²) in [6.45, 7) is 0. The zero-order valence-corrected chi connectivity index (χ0v) is 13.4. The predicted molar refractivity (Wildman–Crippen MR) is 94.3 cm³/mol. The molecule has 1 saturated carbocycles. The summed E-state index contributed by atoms with van der Waals surface area (Å²) >= 11 is 0. The zero-order chi connectivity index (χ0) is 16.1. The van der Waals surface area contributed by atoms with Crippen LogP contribution in [0.3, 0.4) is 0 Å². The van der Waals surface area contributed by atoms with Crippen molar-refractivity contribution in [1.29, 1.82) is 0 Å². The van der Waals surface area contributed by atoms with Crippen LogP contribution in [0.5, 0.6) is 0 Å². The third-order valence-corrected chi connectivity index (χ3v) is 4.69. The summed E-state index contributed by atoms with van der Waals surface area (Å²) in [5.74, 6) is 0.407. The minimum Gasteiger partial charge on any atom is -0.327 e. The van der Waals surface area contributed by atoms with Gasteiger partial charge in [-0.1, -0.05) is 55.0 Å².